The highest BCUT2D eigenvalue weighted by Crippen LogP contribution is 2.26. The molecule has 0 aliphatic carbocycles. The molecule has 0 amide bonds. The SMILES string of the molecule is CCCNCc1ccc(N(C)CCOCC)c(Br)c1. The Hall–Kier alpha value is -0.580. The molecule has 108 valence electrons. The minimum atomic E-state index is 0.763. The van der Waals surface area contributed by atoms with Crippen molar-refractivity contribution < 1.29 is 4.74 Å². The monoisotopic (exact) mass is 328 g/mol. The van der Waals surface area contributed by atoms with Crippen LogP contribution >= 0.6 is 15.9 Å². The molecule has 1 N–H and O–H groups in total. The van der Waals surface area contributed by atoms with E-state index in [9.17, 15) is 0 Å². The molecule has 0 saturated carbocycles. The summed E-state index contributed by atoms with van der Waals surface area (Å²) in [6.45, 7) is 8.63. The number of likely N-dealkylation sites (N-methyl/N-ethyl adjacent to an activating group) is 1. The first-order valence-corrected chi connectivity index (χ1v) is 7.76. The van der Waals surface area contributed by atoms with Crippen LogP contribution in [0.2, 0.25) is 0 Å². The van der Waals surface area contributed by atoms with Crippen LogP contribution < -0.4 is 10.2 Å². The van der Waals surface area contributed by atoms with E-state index in [1.807, 2.05) is 6.92 Å². The van der Waals surface area contributed by atoms with Crippen LogP contribution in [0.1, 0.15) is 25.8 Å². The highest BCUT2D eigenvalue weighted by molar-refractivity contribution is 9.10. The number of nitrogens with zero attached hydrogens (tertiary/aromatic N) is 1. The van der Waals surface area contributed by atoms with E-state index in [1.54, 1.807) is 0 Å². The lowest BCUT2D eigenvalue weighted by atomic mass is 10.2. The summed E-state index contributed by atoms with van der Waals surface area (Å²) in [6, 6.07) is 6.54. The molecule has 4 heteroatoms. The van der Waals surface area contributed by atoms with Crippen LogP contribution in [-0.4, -0.2) is 33.4 Å². The van der Waals surface area contributed by atoms with Crippen LogP contribution in [-0.2, 0) is 11.3 Å². The average molecular weight is 329 g/mol. The molecule has 0 atom stereocenters. The molecule has 19 heavy (non-hydrogen) atoms. The van der Waals surface area contributed by atoms with Crippen molar-refractivity contribution in [1.29, 1.82) is 0 Å². The van der Waals surface area contributed by atoms with Crippen molar-refractivity contribution in [1.82, 2.24) is 5.32 Å². The minimum Gasteiger partial charge on any atom is -0.380 e. The van der Waals surface area contributed by atoms with Gasteiger partial charge in [0.2, 0.25) is 0 Å². The quantitative estimate of drug-likeness (QED) is 0.703. The van der Waals surface area contributed by atoms with Crippen LogP contribution in [0.25, 0.3) is 0 Å². The molecule has 3 nitrogen and oxygen atoms in total. The van der Waals surface area contributed by atoms with Gasteiger partial charge in [-0.2, -0.15) is 0 Å². The Kier molecular flexibility index (Phi) is 8.10. The van der Waals surface area contributed by atoms with Crippen molar-refractivity contribution in [3.05, 3.63) is 28.2 Å². The summed E-state index contributed by atoms with van der Waals surface area (Å²) in [6.07, 6.45) is 1.17. The largest absolute Gasteiger partial charge is 0.380 e. The number of halogens is 1. The van der Waals surface area contributed by atoms with Crippen LogP contribution in [0.15, 0.2) is 22.7 Å². The van der Waals surface area contributed by atoms with Gasteiger partial charge in [0, 0.05) is 31.2 Å². The van der Waals surface area contributed by atoms with Gasteiger partial charge >= 0.3 is 0 Å². The van der Waals surface area contributed by atoms with Crippen LogP contribution in [0.4, 0.5) is 5.69 Å². The number of hydrogen-bond acceptors (Lipinski definition) is 3. The van der Waals surface area contributed by atoms with Gasteiger partial charge in [-0.05, 0) is 53.5 Å². The summed E-state index contributed by atoms with van der Waals surface area (Å²) in [5.41, 5.74) is 2.52. The first-order chi connectivity index (χ1) is 9.19. The molecule has 0 aliphatic rings. The number of ether oxygens (including phenoxy) is 1. The zero-order valence-corrected chi connectivity index (χ0v) is 13.8. The highest BCUT2D eigenvalue weighted by Gasteiger charge is 2.06. The average Bonchev–Trinajstić information content (AvgIpc) is 2.39. The summed E-state index contributed by atoms with van der Waals surface area (Å²) in [4.78, 5) is 2.21. The van der Waals surface area contributed by atoms with Gasteiger partial charge in [-0.1, -0.05) is 13.0 Å². The van der Waals surface area contributed by atoms with E-state index in [0.717, 1.165) is 37.3 Å². The molecular formula is C15H25BrN2O. The molecule has 0 aliphatic heterocycles. The van der Waals surface area contributed by atoms with E-state index in [-0.39, 0.29) is 0 Å². The summed E-state index contributed by atoms with van der Waals surface area (Å²) in [7, 11) is 2.09. The summed E-state index contributed by atoms with van der Waals surface area (Å²) in [5.74, 6) is 0. The predicted octanol–water partition coefficient (Wildman–Crippen LogP) is 3.42. The van der Waals surface area contributed by atoms with E-state index < -0.39 is 0 Å². The molecule has 1 aromatic rings. The van der Waals surface area contributed by atoms with Crippen LogP contribution in [0.3, 0.4) is 0 Å². The molecule has 1 aromatic carbocycles. The van der Waals surface area contributed by atoms with Crippen molar-refractivity contribution >= 4 is 21.6 Å². The van der Waals surface area contributed by atoms with Gasteiger partial charge in [0.15, 0.2) is 0 Å². The van der Waals surface area contributed by atoms with Crippen LogP contribution in [0, 0.1) is 0 Å². The topological polar surface area (TPSA) is 24.5 Å². The third-order valence-electron chi connectivity index (χ3n) is 2.95. The zero-order chi connectivity index (χ0) is 14.1. The van der Waals surface area contributed by atoms with E-state index in [0.29, 0.717) is 0 Å². The Morgan fingerprint density at radius 1 is 1.32 bits per heavy atom. The second-order valence-corrected chi connectivity index (χ2v) is 5.44. The van der Waals surface area contributed by atoms with E-state index in [1.165, 1.54) is 17.7 Å². The van der Waals surface area contributed by atoms with E-state index >= 15 is 0 Å². The Balaban J connectivity index is 2.55. The standard InChI is InChI=1S/C15H25BrN2O/c1-4-8-17-12-13-6-7-15(14(16)11-13)18(3)9-10-19-5-2/h6-7,11,17H,4-5,8-10,12H2,1-3H3. The second kappa shape index (κ2) is 9.34. The van der Waals surface area contributed by atoms with Crippen molar-refractivity contribution in [2.75, 3.05) is 38.3 Å². The summed E-state index contributed by atoms with van der Waals surface area (Å²) in [5, 5.41) is 3.41. The number of hydrogen-bond donors (Lipinski definition) is 1. The zero-order valence-electron chi connectivity index (χ0n) is 12.2. The predicted molar refractivity (Wildman–Crippen MR) is 85.9 cm³/mol. The Morgan fingerprint density at radius 2 is 2.11 bits per heavy atom. The normalized spacial score (nSPS) is 10.7. The third kappa shape index (κ3) is 5.93. The van der Waals surface area contributed by atoms with Crippen LogP contribution in [0.5, 0.6) is 0 Å². The fourth-order valence-corrected chi connectivity index (χ4v) is 2.57. The summed E-state index contributed by atoms with van der Waals surface area (Å²) >= 11 is 3.66. The Labute approximate surface area is 125 Å². The van der Waals surface area contributed by atoms with Gasteiger partial charge in [0.25, 0.3) is 0 Å². The maximum absolute atomic E-state index is 5.39. The molecule has 0 aromatic heterocycles. The fourth-order valence-electron chi connectivity index (χ4n) is 1.85. The lowest BCUT2D eigenvalue weighted by Gasteiger charge is -2.21. The molecule has 0 spiro atoms. The third-order valence-corrected chi connectivity index (χ3v) is 3.59. The van der Waals surface area contributed by atoms with Gasteiger partial charge < -0.3 is 15.0 Å². The first kappa shape index (κ1) is 16.5. The number of anilines is 1. The van der Waals surface area contributed by atoms with Gasteiger partial charge in [0.1, 0.15) is 0 Å². The molecule has 0 fully saturated rings. The second-order valence-electron chi connectivity index (χ2n) is 4.58. The van der Waals surface area contributed by atoms with Crippen molar-refractivity contribution in [3.8, 4) is 0 Å². The molecule has 0 radical (unpaired) electrons. The van der Waals surface area contributed by atoms with Crippen molar-refractivity contribution in [2.24, 2.45) is 0 Å². The molecule has 0 saturated heterocycles. The first-order valence-electron chi connectivity index (χ1n) is 6.97. The summed E-state index contributed by atoms with van der Waals surface area (Å²) < 4.78 is 6.53. The fraction of sp³-hybridized carbons (Fsp3) is 0.600. The van der Waals surface area contributed by atoms with Crippen molar-refractivity contribution in [3.63, 3.8) is 0 Å². The van der Waals surface area contributed by atoms with Crippen molar-refractivity contribution in [2.45, 2.75) is 26.8 Å². The lowest BCUT2D eigenvalue weighted by Crippen LogP contribution is -2.23. The maximum Gasteiger partial charge on any atom is 0.0641 e. The lowest BCUT2D eigenvalue weighted by molar-refractivity contribution is 0.154. The molecule has 1 rings (SSSR count). The Bertz CT molecular complexity index is 371. The smallest absolute Gasteiger partial charge is 0.0641 e. The number of rotatable bonds is 9. The molecule has 0 unspecified atom stereocenters. The minimum absolute atomic E-state index is 0.763. The molecule has 0 heterocycles. The Morgan fingerprint density at radius 3 is 2.74 bits per heavy atom. The number of nitrogens with one attached hydrogen (secondary N) is 1. The van der Waals surface area contributed by atoms with Gasteiger partial charge in [-0.25, -0.2) is 0 Å². The van der Waals surface area contributed by atoms with Gasteiger partial charge in [0.05, 0.1) is 12.3 Å². The number of benzene rings is 1. The molecular weight excluding hydrogens is 304 g/mol. The molecule has 0 bridgehead atoms. The van der Waals surface area contributed by atoms with E-state index in [2.05, 4.69) is 58.3 Å². The highest BCUT2D eigenvalue weighted by atomic mass is 79.9. The van der Waals surface area contributed by atoms with E-state index in [4.69, 9.17) is 4.74 Å². The van der Waals surface area contributed by atoms with Gasteiger partial charge in [-0.15, -0.1) is 0 Å². The van der Waals surface area contributed by atoms with Gasteiger partial charge in [-0.3, -0.25) is 0 Å². The maximum atomic E-state index is 5.39.